The van der Waals surface area contributed by atoms with Crippen LogP contribution in [-0.4, -0.2) is 48.3 Å². The molecule has 2 N–H and O–H groups in total. The molecule has 1 saturated heterocycles. The molecule has 154 valence electrons. The van der Waals surface area contributed by atoms with Crippen molar-refractivity contribution in [1.82, 2.24) is 15.5 Å². The van der Waals surface area contributed by atoms with Gasteiger partial charge in [0.15, 0.2) is 0 Å². The minimum atomic E-state index is -0.381. The quantitative estimate of drug-likeness (QED) is 0.606. The van der Waals surface area contributed by atoms with Crippen molar-refractivity contribution in [2.45, 2.75) is 58.4 Å². The third kappa shape index (κ3) is 6.08. The fourth-order valence-electron chi connectivity index (χ4n) is 3.66. The molecule has 3 amide bonds. The number of benzene rings is 1. The first-order valence-electron chi connectivity index (χ1n) is 10.5. The molecule has 1 aliphatic rings. The zero-order chi connectivity index (χ0) is 20.4. The molecule has 0 saturated carbocycles. The summed E-state index contributed by atoms with van der Waals surface area (Å²) in [6.45, 7) is 5.53. The van der Waals surface area contributed by atoms with Crippen molar-refractivity contribution >= 4 is 17.7 Å². The van der Waals surface area contributed by atoms with E-state index in [2.05, 4.69) is 17.6 Å². The molecule has 0 bridgehead atoms. The van der Waals surface area contributed by atoms with Crippen LogP contribution in [-0.2, 0) is 9.59 Å². The molecule has 0 radical (unpaired) electrons. The zero-order valence-corrected chi connectivity index (χ0v) is 17.1. The molecule has 2 atom stereocenters. The standard InChI is InChI=1S/C22H33N3O3/c1-3-5-10-17(4-2)22(28)25-16-9-13-19(25)21(27)24-15-14-23-20(26)18-11-7-6-8-12-18/h6-8,11-12,17,19H,3-5,9-10,13-16H2,1-2H3,(H,23,26)(H,24,27)/t17-,19+/m1/s1. The van der Waals surface area contributed by atoms with Crippen molar-refractivity contribution in [3.63, 3.8) is 0 Å². The van der Waals surface area contributed by atoms with Gasteiger partial charge in [-0.3, -0.25) is 14.4 Å². The molecule has 1 aromatic rings. The minimum absolute atomic E-state index is 0.0125. The van der Waals surface area contributed by atoms with E-state index in [9.17, 15) is 14.4 Å². The second-order valence-corrected chi connectivity index (χ2v) is 7.35. The maximum atomic E-state index is 12.9. The number of hydrogen-bond donors (Lipinski definition) is 2. The molecule has 0 aromatic heterocycles. The van der Waals surface area contributed by atoms with Gasteiger partial charge in [-0.05, 0) is 37.8 Å². The lowest BCUT2D eigenvalue weighted by Crippen LogP contribution is -2.49. The van der Waals surface area contributed by atoms with E-state index in [1.54, 1.807) is 17.0 Å². The maximum Gasteiger partial charge on any atom is 0.251 e. The van der Waals surface area contributed by atoms with E-state index in [0.717, 1.165) is 32.1 Å². The van der Waals surface area contributed by atoms with E-state index >= 15 is 0 Å². The van der Waals surface area contributed by atoms with Gasteiger partial charge in [0, 0.05) is 31.1 Å². The Morgan fingerprint density at radius 2 is 1.82 bits per heavy atom. The van der Waals surface area contributed by atoms with Gasteiger partial charge in [0.2, 0.25) is 11.8 Å². The Labute approximate surface area is 168 Å². The molecule has 1 aliphatic heterocycles. The van der Waals surface area contributed by atoms with Crippen LogP contribution in [0.2, 0.25) is 0 Å². The van der Waals surface area contributed by atoms with Gasteiger partial charge in [0.1, 0.15) is 6.04 Å². The van der Waals surface area contributed by atoms with Gasteiger partial charge in [-0.15, -0.1) is 0 Å². The van der Waals surface area contributed by atoms with Crippen molar-refractivity contribution < 1.29 is 14.4 Å². The van der Waals surface area contributed by atoms with E-state index in [4.69, 9.17) is 0 Å². The van der Waals surface area contributed by atoms with Crippen molar-refractivity contribution in [2.75, 3.05) is 19.6 Å². The topological polar surface area (TPSA) is 78.5 Å². The van der Waals surface area contributed by atoms with E-state index in [1.807, 2.05) is 25.1 Å². The van der Waals surface area contributed by atoms with Gasteiger partial charge in [-0.2, -0.15) is 0 Å². The first kappa shape index (κ1) is 21.9. The number of amides is 3. The van der Waals surface area contributed by atoms with Crippen LogP contribution in [0.5, 0.6) is 0 Å². The third-order valence-electron chi connectivity index (χ3n) is 5.33. The molecular weight excluding hydrogens is 354 g/mol. The minimum Gasteiger partial charge on any atom is -0.353 e. The van der Waals surface area contributed by atoms with Crippen molar-refractivity contribution in [1.29, 1.82) is 0 Å². The number of carbonyl (C=O) groups excluding carboxylic acids is 3. The number of unbranched alkanes of at least 4 members (excludes halogenated alkanes) is 1. The summed E-state index contributed by atoms with van der Waals surface area (Å²) >= 11 is 0. The first-order chi connectivity index (χ1) is 13.6. The highest BCUT2D eigenvalue weighted by atomic mass is 16.2. The normalized spacial score (nSPS) is 17.2. The predicted molar refractivity (Wildman–Crippen MR) is 110 cm³/mol. The number of rotatable bonds is 10. The Hall–Kier alpha value is -2.37. The van der Waals surface area contributed by atoms with Crippen LogP contribution in [0.3, 0.4) is 0 Å². The number of carbonyl (C=O) groups is 3. The van der Waals surface area contributed by atoms with Gasteiger partial charge >= 0.3 is 0 Å². The maximum absolute atomic E-state index is 12.9. The monoisotopic (exact) mass is 387 g/mol. The summed E-state index contributed by atoms with van der Waals surface area (Å²) in [7, 11) is 0. The summed E-state index contributed by atoms with van der Waals surface area (Å²) in [4.78, 5) is 39.2. The Bertz CT molecular complexity index is 648. The van der Waals surface area contributed by atoms with Crippen LogP contribution in [0, 0.1) is 5.92 Å². The molecule has 6 heteroatoms. The molecule has 0 spiro atoms. The van der Waals surface area contributed by atoms with Gasteiger partial charge in [-0.25, -0.2) is 0 Å². The average molecular weight is 388 g/mol. The summed E-state index contributed by atoms with van der Waals surface area (Å²) < 4.78 is 0. The summed E-state index contributed by atoms with van der Waals surface area (Å²) in [6, 6.07) is 8.60. The zero-order valence-electron chi connectivity index (χ0n) is 17.1. The molecule has 1 fully saturated rings. The lowest BCUT2D eigenvalue weighted by molar-refractivity contribution is -0.141. The first-order valence-corrected chi connectivity index (χ1v) is 10.5. The van der Waals surface area contributed by atoms with Gasteiger partial charge in [0.25, 0.3) is 5.91 Å². The van der Waals surface area contributed by atoms with E-state index in [-0.39, 0.29) is 29.7 Å². The van der Waals surface area contributed by atoms with E-state index < -0.39 is 0 Å². The number of nitrogens with zero attached hydrogens (tertiary/aromatic N) is 1. The summed E-state index contributed by atoms with van der Waals surface area (Å²) in [5.41, 5.74) is 0.596. The molecule has 2 rings (SSSR count). The van der Waals surface area contributed by atoms with Gasteiger partial charge in [-0.1, -0.05) is 44.9 Å². The fourth-order valence-corrected chi connectivity index (χ4v) is 3.66. The van der Waals surface area contributed by atoms with Crippen LogP contribution >= 0.6 is 0 Å². The highest BCUT2D eigenvalue weighted by Gasteiger charge is 2.36. The van der Waals surface area contributed by atoms with Crippen LogP contribution in [0.25, 0.3) is 0 Å². The molecular formula is C22H33N3O3. The van der Waals surface area contributed by atoms with Crippen molar-refractivity contribution in [2.24, 2.45) is 5.92 Å². The molecule has 1 aromatic carbocycles. The summed E-state index contributed by atoms with van der Waals surface area (Å²) in [6.07, 6.45) is 5.38. The lowest BCUT2D eigenvalue weighted by atomic mass is 9.97. The molecule has 0 aliphatic carbocycles. The number of hydrogen-bond acceptors (Lipinski definition) is 3. The molecule has 28 heavy (non-hydrogen) atoms. The van der Waals surface area contributed by atoms with Crippen molar-refractivity contribution in [3.05, 3.63) is 35.9 Å². The van der Waals surface area contributed by atoms with Crippen LogP contribution < -0.4 is 10.6 Å². The molecule has 1 heterocycles. The predicted octanol–water partition coefficient (Wildman–Crippen LogP) is 2.74. The van der Waals surface area contributed by atoms with Crippen LogP contribution in [0.4, 0.5) is 0 Å². The van der Waals surface area contributed by atoms with Crippen molar-refractivity contribution in [3.8, 4) is 0 Å². The average Bonchev–Trinajstić information content (AvgIpc) is 3.22. The Morgan fingerprint density at radius 3 is 2.50 bits per heavy atom. The summed E-state index contributed by atoms with van der Waals surface area (Å²) in [5.74, 6) is -0.149. The van der Waals surface area contributed by atoms with Crippen LogP contribution in [0.15, 0.2) is 30.3 Å². The van der Waals surface area contributed by atoms with Gasteiger partial charge in [0.05, 0.1) is 0 Å². The van der Waals surface area contributed by atoms with Crippen LogP contribution in [0.1, 0.15) is 62.7 Å². The second kappa shape index (κ2) is 11.5. The molecule has 0 unspecified atom stereocenters. The lowest BCUT2D eigenvalue weighted by Gasteiger charge is -2.28. The van der Waals surface area contributed by atoms with Gasteiger partial charge < -0.3 is 15.5 Å². The largest absolute Gasteiger partial charge is 0.353 e. The Kier molecular flexibility index (Phi) is 8.98. The number of likely N-dealkylation sites (tertiary alicyclic amines) is 1. The SMILES string of the molecule is CCCC[C@@H](CC)C(=O)N1CCC[C@H]1C(=O)NCCNC(=O)c1ccccc1. The molecule has 6 nitrogen and oxygen atoms in total. The fraction of sp³-hybridized carbons (Fsp3) is 0.591. The third-order valence-corrected chi connectivity index (χ3v) is 5.33. The highest BCUT2D eigenvalue weighted by Crippen LogP contribution is 2.23. The van der Waals surface area contributed by atoms with E-state index in [0.29, 0.717) is 31.6 Å². The highest BCUT2D eigenvalue weighted by molar-refractivity contribution is 5.94. The number of nitrogens with one attached hydrogen (secondary N) is 2. The second-order valence-electron chi connectivity index (χ2n) is 7.35. The smallest absolute Gasteiger partial charge is 0.251 e. The Balaban J connectivity index is 1.79. The summed E-state index contributed by atoms with van der Waals surface area (Å²) in [5, 5.41) is 5.66. The Morgan fingerprint density at radius 1 is 1.11 bits per heavy atom. The van der Waals surface area contributed by atoms with E-state index in [1.165, 1.54) is 0 Å².